The quantitative estimate of drug-likeness (QED) is 0.366. The molecule has 1 saturated heterocycles. The number of piperidine rings is 1. The molecular formula is C31H32N4O5. The van der Waals surface area contributed by atoms with Gasteiger partial charge in [0.05, 0.1) is 26.2 Å². The van der Waals surface area contributed by atoms with E-state index in [1.165, 1.54) is 19.8 Å². The van der Waals surface area contributed by atoms with E-state index in [9.17, 15) is 14.4 Å². The Morgan fingerprint density at radius 2 is 1.62 bits per heavy atom. The molecule has 0 unspecified atom stereocenters. The summed E-state index contributed by atoms with van der Waals surface area (Å²) < 4.78 is 11.9. The maximum Gasteiger partial charge on any atom is 0.279 e. The monoisotopic (exact) mass is 540 g/mol. The van der Waals surface area contributed by atoms with Crippen molar-refractivity contribution < 1.29 is 19.1 Å². The van der Waals surface area contributed by atoms with Crippen LogP contribution in [0.15, 0.2) is 77.6 Å². The molecule has 0 atom stereocenters. The number of likely N-dealkylation sites (tertiary alicyclic amines) is 1. The van der Waals surface area contributed by atoms with Crippen LogP contribution in [-0.4, -0.2) is 60.3 Å². The summed E-state index contributed by atoms with van der Waals surface area (Å²) in [7, 11) is 3.01. The molecule has 40 heavy (non-hydrogen) atoms. The molecule has 0 spiro atoms. The number of rotatable bonds is 8. The second-order valence-electron chi connectivity index (χ2n) is 9.85. The molecule has 1 N–H and O–H groups in total. The first-order chi connectivity index (χ1) is 19.5. The SMILES string of the molecule is COc1ccc(-n2nc(C(=O)NCC(=O)N3CCC(Cc4ccccc4)CC3)c3ccccc3c2=O)c(OC)c1. The number of fused-ring (bicyclic) bond motifs is 1. The van der Waals surface area contributed by atoms with Crippen LogP contribution in [0.2, 0.25) is 0 Å². The smallest absolute Gasteiger partial charge is 0.279 e. The fourth-order valence-electron chi connectivity index (χ4n) is 5.17. The molecule has 206 valence electrons. The van der Waals surface area contributed by atoms with Gasteiger partial charge in [0.15, 0.2) is 5.69 Å². The molecule has 1 fully saturated rings. The summed E-state index contributed by atoms with van der Waals surface area (Å²) in [6.07, 6.45) is 2.86. The summed E-state index contributed by atoms with van der Waals surface area (Å²) in [6, 6.07) is 22.1. The van der Waals surface area contributed by atoms with Crippen LogP contribution in [0.4, 0.5) is 0 Å². The second-order valence-corrected chi connectivity index (χ2v) is 9.85. The number of amides is 2. The number of ether oxygens (including phenoxy) is 2. The number of hydrogen-bond donors (Lipinski definition) is 1. The van der Waals surface area contributed by atoms with Gasteiger partial charge in [0.2, 0.25) is 5.91 Å². The zero-order chi connectivity index (χ0) is 28.1. The molecule has 2 amide bonds. The minimum atomic E-state index is -0.537. The van der Waals surface area contributed by atoms with E-state index in [0.717, 1.165) is 23.9 Å². The van der Waals surface area contributed by atoms with E-state index in [0.29, 0.717) is 47.0 Å². The van der Waals surface area contributed by atoms with Gasteiger partial charge in [0, 0.05) is 24.5 Å². The van der Waals surface area contributed by atoms with Crippen LogP contribution in [0.5, 0.6) is 11.5 Å². The summed E-state index contributed by atoms with van der Waals surface area (Å²) in [5.74, 6) is 0.773. The molecule has 5 rings (SSSR count). The largest absolute Gasteiger partial charge is 0.497 e. The normalized spacial score (nSPS) is 13.7. The Morgan fingerprint density at radius 3 is 2.33 bits per heavy atom. The molecule has 4 aromatic rings. The number of benzene rings is 3. The predicted molar refractivity (Wildman–Crippen MR) is 152 cm³/mol. The maximum atomic E-state index is 13.4. The summed E-state index contributed by atoms with van der Waals surface area (Å²) in [6.45, 7) is 1.17. The van der Waals surface area contributed by atoms with Crippen LogP contribution in [-0.2, 0) is 11.2 Å². The third kappa shape index (κ3) is 5.68. The van der Waals surface area contributed by atoms with Crippen molar-refractivity contribution in [3.05, 3.63) is 94.4 Å². The molecule has 0 radical (unpaired) electrons. The van der Waals surface area contributed by atoms with E-state index < -0.39 is 11.5 Å². The highest BCUT2D eigenvalue weighted by Gasteiger charge is 2.24. The molecule has 9 nitrogen and oxygen atoms in total. The molecule has 0 aliphatic carbocycles. The fraction of sp³-hybridized carbons (Fsp3) is 0.290. The van der Waals surface area contributed by atoms with E-state index >= 15 is 0 Å². The zero-order valence-electron chi connectivity index (χ0n) is 22.6. The van der Waals surface area contributed by atoms with Gasteiger partial charge in [-0.05, 0) is 48.9 Å². The topological polar surface area (TPSA) is 103 Å². The number of nitrogens with one attached hydrogen (secondary N) is 1. The van der Waals surface area contributed by atoms with Crippen LogP contribution >= 0.6 is 0 Å². The van der Waals surface area contributed by atoms with Crippen molar-refractivity contribution in [1.29, 1.82) is 0 Å². The van der Waals surface area contributed by atoms with Crippen LogP contribution in [0.3, 0.4) is 0 Å². The van der Waals surface area contributed by atoms with E-state index in [1.54, 1.807) is 47.4 Å². The number of carbonyl (C=O) groups is 2. The average Bonchev–Trinajstić information content (AvgIpc) is 3.00. The Balaban J connectivity index is 1.31. The lowest BCUT2D eigenvalue weighted by atomic mass is 9.90. The summed E-state index contributed by atoms with van der Waals surface area (Å²) in [4.78, 5) is 41.5. The van der Waals surface area contributed by atoms with Gasteiger partial charge in [-0.15, -0.1) is 0 Å². The molecule has 0 bridgehead atoms. The van der Waals surface area contributed by atoms with Crippen molar-refractivity contribution in [1.82, 2.24) is 20.0 Å². The van der Waals surface area contributed by atoms with E-state index in [4.69, 9.17) is 9.47 Å². The van der Waals surface area contributed by atoms with Crippen molar-refractivity contribution in [2.24, 2.45) is 5.92 Å². The number of nitrogens with zero attached hydrogens (tertiary/aromatic N) is 3. The van der Waals surface area contributed by atoms with Crippen LogP contribution < -0.4 is 20.3 Å². The zero-order valence-corrected chi connectivity index (χ0v) is 22.6. The molecule has 0 saturated carbocycles. The van der Waals surface area contributed by atoms with Crippen molar-refractivity contribution in [3.8, 4) is 17.2 Å². The number of aromatic nitrogens is 2. The molecule has 1 aliphatic rings. The summed E-state index contributed by atoms with van der Waals surface area (Å²) >= 11 is 0. The van der Waals surface area contributed by atoms with E-state index in [-0.39, 0.29) is 18.1 Å². The minimum absolute atomic E-state index is 0.0439. The van der Waals surface area contributed by atoms with E-state index in [2.05, 4.69) is 22.5 Å². The maximum absolute atomic E-state index is 13.4. The summed E-state index contributed by atoms with van der Waals surface area (Å²) in [5, 5.41) is 7.88. The molecule has 2 heterocycles. The Bertz CT molecular complexity index is 1580. The first kappa shape index (κ1) is 26.9. The van der Waals surface area contributed by atoms with Crippen molar-refractivity contribution in [2.75, 3.05) is 33.9 Å². The van der Waals surface area contributed by atoms with Gasteiger partial charge in [-0.25, -0.2) is 0 Å². The predicted octanol–water partition coefficient (Wildman–Crippen LogP) is 3.61. The van der Waals surface area contributed by atoms with Crippen molar-refractivity contribution in [2.45, 2.75) is 19.3 Å². The van der Waals surface area contributed by atoms with Crippen LogP contribution in [0, 0.1) is 5.92 Å². The Morgan fingerprint density at radius 1 is 0.925 bits per heavy atom. The third-order valence-electron chi connectivity index (χ3n) is 7.37. The standard InChI is InChI=1S/C31H32N4O5/c1-39-23-12-13-26(27(19-23)40-2)35-31(38)25-11-7-6-10-24(25)29(33-35)30(37)32-20-28(36)34-16-14-22(15-17-34)18-21-8-4-3-5-9-21/h3-13,19,22H,14-18,20H2,1-2H3,(H,32,37). The van der Waals surface area contributed by atoms with Gasteiger partial charge >= 0.3 is 0 Å². The lowest BCUT2D eigenvalue weighted by Gasteiger charge is -2.32. The van der Waals surface area contributed by atoms with Gasteiger partial charge in [-0.3, -0.25) is 14.4 Å². The highest BCUT2D eigenvalue weighted by Crippen LogP contribution is 2.27. The van der Waals surface area contributed by atoms with Crippen molar-refractivity contribution >= 4 is 22.6 Å². The fourth-order valence-corrected chi connectivity index (χ4v) is 5.17. The first-order valence-electron chi connectivity index (χ1n) is 13.3. The Hall–Kier alpha value is -4.66. The average molecular weight is 541 g/mol. The number of carbonyl (C=O) groups excluding carboxylic acids is 2. The molecular weight excluding hydrogens is 508 g/mol. The highest BCUT2D eigenvalue weighted by molar-refractivity contribution is 6.05. The van der Waals surface area contributed by atoms with Crippen molar-refractivity contribution in [3.63, 3.8) is 0 Å². The van der Waals surface area contributed by atoms with Gasteiger partial charge < -0.3 is 19.7 Å². The molecule has 9 heteroatoms. The lowest BCUT2D eigenvalue weighted by molar-refractivity contribution is -0.131. The first-order valence-corrected chi connectivity index (χ1v) is 13.3. The van der Waals surface area contributed by atoms with Gasteiger partial charge in [0.25, 0.3) is 11.5 Å². The number of methoxy groups -OCH3 is 2. The van der Waals surface area contributed by atoms with Gasteiger partial charge in [-0.1, -0.05) is 48.5 Å². The van der Waals surface area contributed by atoms with Crippen LogP contribution in [0.1, 0.15) is 28.9 Å². The van der Waals surface area contributed by atoms with E-state index in [1.807, 2.05) is 18.2 Å². The molecule has 3 aromatic carbocycles. The summed E-state index contributed by atoms with van der Waals surface area (Å²) in [5.41, 5.74) is 1.32. The molecule has 1 aromatic heterocycles. The second kappa shape index (κ2) is 12.0. The molecule has 1 aliphatic heterocycles. The highest BCUT2D eigenvalue weighted by atomic mass is 16.5. The van der Waals surface area contributed by atoms with Crippen LogP contribution in [0.25, 0.3) is 16.5 Å². The third-order valence-corrected chi connectivity index (χ3v) is 7.37. The Labute approximate surface area is 232 Å². The van der Waals surface area contributed by atoms with Gasteiger partial charge in [0.1, 0.15) is 17.2 Å². The number of hydrogen-bond acceptors (Lipinski definition) is 6. The van der Waals surface area contributed by atoms with Gasteiger partial charge in [-0.2, -0.15) is 9.78 Å². The minimum Gasteiger partial charge on any atom is -0.497 e. The Kier molecular flexibility index (Phi) is 8.10. The lowest BCUT2D eigenvalue weighted by Crippen LogP contribution is -2.44.